The summed E-state index contributed by atoms with van der Waals surface area (Å²) < 4.78 is 1.36. The topological polar surface area (TPSA) is 49.0 Å². The predicted molar refractivity (Wildman–Crippen MR) is 79.0 cm³/mol. The van der Waals surface area contributed by atoms with Gasteiger partial charge in [-0.2, -0.15) is 0 Å². The van der Waals surface area contributed by atoms with Gasteiger partial charge in [0, 0.05) is 11.9 Å². The zero-order valence-corrected chi connectivity index (χ0v) is 12.6. The molecule has 4 nitrogen and oxygen atoms in total. The Hall–Kier alpha value is -0.600. The first-order valence-corrected chi connectivity index (χ1v) is 7.04. The summed E-state index contributed by atoms with van der Waals surface area (Å²) >= 11 is 9.40. The third-order valence-electron chi connectivity index (χ3n) is 2.16. The van der Waals surface area contributed by atoms with Crippen LogP contribution in [-0.2, 0) is 6.54 Å². The van der Waals surface area contributed by atoms with Gasteiger partial charge in [0.2, 0.25) is 0 Å². The maximum absolute atomic E-state index is 11.5. The molecule has 2 aromatic rings. The van der Waals surface area contributed by atoms with Crippen molar-refractivity contribution in [2.45, 2.75) is 6.54 Å². The molecule has 0 aliphatic carbocycles. The summed E-state index contributed by atoms with van der Waals surface area (Å²) in [5, 5.41) is 0. The highest BCUT2D eigenvalue weighted by Gasteiger charge is 2.11. The second-order valence-corrected chi connectivity index (χ2v) is 6.31. The number of aromatic nitrogens is 2. The highest BCUT2D eigenvalue weighted by atomic mass is 127. The zero-order valence-electron chi connectivity index (χ0n) is 8.91. The number of hydrogen-bond donors (Lipinski definition) is 1. The van der Waals surface area contributed by atoms with Crippen LogP contribution in [0.25, 0.3) is 0 Å². The maximum Gasteiger partial charge on any atom is 0.266 e. The quantitative estimate of drug-likeness (QED) is 0.832. The van der Waals surface area contributed by atoms with Gasteiger partial charge < -0.3 is 9.88 Å². The fourth-order valence-corrected chi connectivity index (χ4v) is 3.23. The van der Waals surface area contributed by atoms with Crippen molar-refractivity contribution in [2.24, 2.45) is 0 Å². The largest absolute Gasteiger partial charge is 0.353 e. The van der Waals surface area contributed by atoms with Gasteiger partial charge in [-0.25, -0.2) is 4.98 Å². The molecule has 1 N–H and O–H groups in total. The van der Waals surface area contributed by atoms with Crippen molar-refractivity contribution in [3.05, 3.63) is 41.6 Å². The fourth-order valence-electron chi connectivity index (χ4n) is 1.39. The Morgan fingerprint density at radius 3 is 3.00 bits per heavy atom. The van der Waals surface area contributed by atoms with Crippen LogP contribution in [0.4, 0.5) is 5.82 Å². The summed E-state index contributed by atoms with van der Waals surface area (Å²) in [5.74, 6) is 0.680. The van der Waals surface area contributed by atoms with Crippen LogP contribution in [0.3, 0.4) is 0 Å². The average Bonchev–Trinajstić information content (AvgIpc) is 2.68. The van der Waals surface area contributed by atoms with Crippen molar-refractivity contribution in [1.29, 1.82) is 0 Å². The van der Waals surface area contributed by atoms with Gasteiger partial charge in [-0.3, -0.25) is 4.79 Å². The van der Waals surface area contributed by atoms with Crippen molar-refractivity contribution in [3.8, 4) is 0 Å². The van der Waals surface area contributed by atoms with Crippen molar-refractivity contribution < 1.29 is 0 Å². The molecule has 0 unspecified atom stereocenters. The number of hydrogen-bond acceptors (Lipinski definition) is 4. The van der Waals surface area contributed by atoms with E-state index >= 15 is 0 Å². The van der Waals surface area contributed by atoms with Crippen molar-refractivity contribution in [2.75, 3.05) is 11.9 Å². The van der Waals surface area contributed by atoms with E-state index in [0.29, 0.717) is 15.9 Å². The van der Waals surface area contributed by atoms with E-state index in [1.165, 1.54) is 17.7 Å². The fraction of sp³-hybridized carbons (Fsp3) is 0.200. The van der Waals surface area contributed by atoms with E-state index in [9.17, 15) is 4.79 Å². The van der Waals surface area contributed by atoms with E-state index in [0.717, 1.165) is 9.21 Å². The molecule has 0 radical (unpaired) electrons. The van der Waals surface area contributed by atoms with Crippen molar-refractivity contribution >= 4 is 51.3 Å². The third-order valence-corrected chi connectivity index (χ3v) is 4.35. The zero-order chi connectivity index (χ0) is 12.4. The standard InChI is InChI=1S/C10H9ClIN3OS/c1-15(4-6-2-3-7(11)17-6)9-8(12)10(16)14-5-13-9/h2-3,5H,4H2,1H3,(H,13,14,16). The summed E-state index contributed by atoms with van der Waals surface area (Å²) in [7, 11) is 1.90. The summed E-state index contributed by atoms with van der Waals surface area (Å²) in [5.41, 5.74) is -0.119. The lowest BCUT2D eigenvalue weighted by Crippen LogP contribution is -2.23. The van der Waals surface area contributed by atoms with Crippen LogP contribution in [0.1, 0.15) is 4.88 Å². The average molecular weight is 382 g/mol. The van der Waals surface area contributed by atoms with E-state index in [1.54, 1.807) is 0 Å². The van der Waals surface area contributed by atoms with Gasteiger partial charge in [-0.15, -0.1) is 11.3 Å². The van der Waals surface area contributed by atoms with Crippen LogP contribution in [0.5, 0.6) is 0 Å². The molecule has 0 fully saturated rings. The molecule has 0 aliphatic rings. The summed E-state index contributed by atoms with van der Waals surface area (Å²) in [4.78, 5) is 21.2. The molecule has 0 bridgehead atoms. The van der Waals surface area contributed by atoms with E-state index < -0.39 is 0 Å². The number of H-pyrrole nitrogens is 1. The van der Waals surface area contributed by atoms with Gasteiger partial charge in [-0.05, 0) is 34.7 Å². The Bertz CT molecular complexity index is 583. The Balaban J connectivity index is 2.23. The molecule has 0 atom stereocenters. The number of anilines is 1. The lowest BCUT2D eigenvalue weighted by Gasteiger charge is -2.17. The van der Waals surface area contributed by atoms with E-state index in [2.05, 4.69) is 9.97 Å². The molecule has 2 heterocycles. The van der Waals surface area contributed by atoms with Crippen LogP contribution >= 0.6 is 45.5 Å². The second-order valence-electron chi connectivity index (χ2n) is 3.43. The number of nitrogens with one attached hydrogen (secondary N) is 1. The van der Waals surface area contributed by atoms with Gasteiger partial charge in [0.25, 0.3) is 5.56 Å². The monoisotopic (exact) mass is 381 g/mol. The minimum Gasteiger partial charge on any atom is -0.353 e. The minimum atomic E-state index is -0.119. The lowest BCUT2D eigenvalue weighted by molar-refractivity contribution is 0.892. The smallest absolute Gasteiger partial charge is 0.266 e. The number of aromatic amines is 1. The first kappa shape index (κ1) is 12.8. The minimum absolute atomic E-state index is 0.119. The van der Waals surface area contributed by atoms with E-state index in [-0.39, 0.29) is 5.56 Å². The van der Waals surface area contributed by atoms with Crippen molar-refractivity contribution in [1.82, 2.24) is 9.97 Å². The molecule has 0 saturated carbocycles. The summed E-state index contributed by atoms with van der Waals surface area (Å²) in [6, 6.07) is 3.84. The Labute approximate surface area is 121 Å². The molecule has 0 spiro atoms. The van der Waals surface area contributed by atoms with E-state index in [1.807, 2.05) is 46.7 Å². The number of nitrogens with zero attached hydrogens (tertiary/aromatic N) is 2. The van der Waals surface area contributed by atoms with Crippen molar-refractivity contribution in [3.63, 3.8) is 0 Å². The molecule has 7 heteroatoms. The third kappa shape index (κ3) is 2.99. The molecular weight excluding hydrogens is 373 g/mol. The molecule has 17 heavy (non-hydrogen) atoms. The molecular formula is C10H9ClIN3OS. The van der Waals surface area contributed by atoms with E-state index in [4.69, 9.17) is 11.6 Å². The maximum atomic E-state index is 11.5. The summed E-state index contributed by atoms with van der Waals surface area (Å²) in [6.45, 7) is 0.684. The Morgan fingerprint density at radius 2 is 2.35 bits per heavy atom. The van der Waals surface area contributed by atoms with Crippen LogP contribution < -0.4 is 10.5 Å². The van der Waals surface area contributed by atoms with Gasteiger partial charge in [0.1, 0.15) is 9.39 Å². The predicted octanol–water partition coefficient (Wildman–Crippen LogP) is 2.73. The first-order chi connectivity index (χ1) is 8.08. The second kappa shape index (κ2) is 5.36. The van der Waals surface area contributed by atoms with Gasteiger partial charge >= 0.3 is 0 Å². The first-order valence-electron chi connectivity index (χ1n) is 4.76. The number of rotatable bonds is 3. The van der Waals surface area contributed by atoms with Crippen LogP contribution in [0, 0.1) is 3.57 Å². The van der Waals surface area contributed by atoms with Crippen LogP contribution in [0.15, 0.2) is 23.3 Å². The lowest BCUT2D eigenvalue weighted by atomic mass is 10.4. The van der Waals surface area contributed by atoms with Gasteiger partial charge in [-0.1, -0.05) is 11.6 Å². The highest BCUT2D eigenvalue weighted by Crippen LogP contribution is 2.24. The Morgan fingerprint density at radius 1 is 1.59 bits per heavy atom. The summed E-state index contributed by atoms with van der Waals surface area (Å²) in [6.07, 6.45) is 1.41. The SMILES string of the molecule is CN(Cc1ccc(Cl)s1)c1nc[nH]c(=O)c1I. The highest BCUT2D eigenvalue weighted by molar-refractivity contribution is 14.1. The molecule has 0 aromatic carbocycles. The number of thiophene rings is 1. The van der Waals surface area contributed by atoms with Crippen LogP contribution in [0.2, 0.25) is 4.34 Å². The normalized spacial score (nSPS) is 10.5. The molecule has 90 valence electrons. The molecule has 2 rings (SSSR count). The molecule has 0 saturated heterocycles. The van der Waals surface area contributed by atoms with Gasteiger partial charge in [0.15, 0.2) is 0 Å². The molecule has 2 aromatic heterocycles. The Kier molecular flexibility index (Phi) is 4.05. The van der Waals surface area contributed by atoms with Crippen LogP contribution in [-0.4, -0.2) is 17.0 Å². The molecule has 0 aliphatic heterocycles. The molecule has 0 amide bonds. The number of halogens is 2. The van der Waals surface area contributed by atoms with Gasteiger partial charge in [0.05, 0.1) is 17.2 Å².